The van der Waals surface area contributed by atoms with Gasteiger partial charge in [0.2, 0.25) is 0 Å². The molecule has 0 amide bonds. The Kier molecular flexibility index (Phi) is 8.82. The molecule has 0 unspecified atom stereocenters. The minimum absolute atomic E-state index is 0.518. The van der Waals surface area contributed by atoms with Crippen LogP contribution in [0.2, 0.25) is 0 Å². The van der Waals surface area contributed by atoms with E-state index in [1.165, 1.54) is 99.8 Å². The summed E-state index contributed by atoms with van der Waals surface area (Å²) in [6, 6.07) is 96.4. The van der Waals surface area contributed by atoms with Gasteiger partial charge in [0.1, 0.15) is 0 Å². The van der Waals surface area contributed by atoms with E-state index in [2.05, 4.69) is 266 Å². The van der Waals surface area contributed by atoms with Gasteiger partial charge in [0, 0.05) is 17.1 Å². The molecule has 0 aliphatic heterocycles. The highest BCUT2D eigenvalue weighted by Crippen LogP contribution is 2.61. The molecule has 0 atom stereocenters. The van der Waals surface area contributed by atoms with E-state index in [-0.39, 0.29) is 0 Å². The van der Waals surface area contributed by atoms with Crippen LogP contribution in [-0.4, -0.2) is 0 Å². The van der Waals surface area contributed by atoms with Crippen molar-refractivity contribution in [2.45, 2.75) is 5.41 Å². The Balaban J connectivity index is 0.931. The summed E-state index contributed by atoms with van der Waals surface area (Å²) in [5.74, 6) is 0. The SMILES string of the molecule is c1ccc(-c2ccc(N(c3ccc(-c4ccc5c(c4)C4(c6ccccc6-c6ccccc6-c6ccccc64)c4ccccc4-5)cc3)c3ccc(-c4ccc5ccccc5c4)cc3)cc2)cc1. The van der Waals surface area contributed by atoms with Crippen molar-refractivity contribution in [3.8, 4) is 66.8 Å². The standard InChI is InChI=1S/C65H43N/c1-2-14-44(15-3-1)46-28-35-52(36-29-46)66(53-37-30-47(31-38-53)50-27-26-45-16-4-5-17-49(45)42-50)54-39-32-48(33-40-54)51-34-41-60-59-22-10-13-25-63(59)65(64(60)43-51)61-23-11-8-20-57(61)55-18-6-7-19-56(55)58-21-9-12-24-62(58)65/h1-43H. The number of anilines is 3. The second kappa shape index (κ2) is 15.3. The lowest BCUT2D eigenvalue weighted by atomic mass is 9.65. The molecular formula is C65H43N. The Bertz CT molecular complexity index is 3550. The number of nitrogens with zero attached hydrogens (tertiary/aromatic N) is 1. The molecule has 1 spiro atoms. The van der Waals surface area contributed by atoms with Crippen LogP contribution in [0, 0.1) is 0 Å². The summed E-state index contributed by atoms with van der Waals surface area (Å²) in [5, 5.41) is 2.50. The second-order valence-electron chi connectivity index (χ2n) is 17.6. The van der Waals surface area contributed by atoms with E-state index in [9.17, 15) is 0 Å². The number of hydrogen-bond donors (Lipinski definition) is 0. The van der Waals surface area contributed by atoms with Gasteiger partial charge in [0.25, 0.3) is 0 Å². The van der Waals surface area contributed by atoms with Crippen molar-refractivity contribution in [2.75, 3.05) is 4.90 Å². The molecule has 2 aliphatic rings. The Morgan fingerprint density at radius 2 is 0.561 bits per heavy atom. The molecule has 66 heavy (non-hydrogen) atoms. The minimum Gasteiger partial charge on any atom is -0.311 e. The summed E-state index contributed by atoms with van der Waals surface area (Å²) in [4.78, 5) is 2.37. The van der Waals surface area contributed by atoms with Gasteiger partial charge in [-0.05, 0) is 148 Å². The van der Waals surface area contributed by atoms with E-state index >= 15 is 0 Å². The first-order chi connectivity index (χ1) is 32.7. The van der Waals surface area contributed by atoms with Crippen molar-refractivity contribution in [1.82, 2.24) is 0 Å². The summed E-state index contributed by atoms with van der Waals surface area (Å²) >= 11 is 0. The molecule has 0 saturated heterocycles. The fourth-order valence-electron chi connectivity index (χ4n) is 11.1. The van der Waals surface area contributed by atoms with Gasteiger partial charge in [-0.25, -0.2) is 0 Å². The maximum absolute atomic E-state index is 2.49. The third-order valence-corrected chi connectivity index (χ3v) is 14.1. The van der Waals surface area contributed by atoms with Crippen LogP contribution < -0.4 is 4.90 Å². The predicted molar refractivity (Wildman–Crippen MR) is 277 cm³/mol. The minimum atomic E-state index is -0.518. The molecular weight excluding hydrogens is 795 g/mol. The molecule has 1 heteroatoms. The molecule has 0 saturated carbocycles. The molecule has 0 N–H and O–H groups in total. The normalized spacial score (nSPS) is 12.7. The van der Waals surface area contributed by atoms with Crippen LogP contribution in [0.3, 0.4) is 0 Å². The van der Waals surface area contributed by atoms with Gasteiger partial charge >= 0.3 is 0 Å². The molecule has 11 aromatic carbocycles. The van der Waals surface area contributed by atoms with E-state index < -0.39 is 5.41 Å². The fourth-order valence-corrected chi connectivity index (χ4v) is 11.1. The monoisotopic (exact) mass is 837 g/mol. The first-order valence-corrected chi connectivity index (χ1v) is 22.9. The third-order valence-electron chi connectivity index (χ3n) is 14.1. The lowest BCUT2D eigenvalue weighted by Gasteiger charge is -2.35. The summed E-state index contributed by atoms with van der Waals surface area (Å²) in [6.45, 7) is 0. The summed E-state index contributed by atoms with van der Waals surface area (Å²) in [6.07, 6.45) is 0. The molecule has 0 bridgehead atoms. The van der Waals surface area contributed by atoms with Crippen molar-refractivity contribution in [1.29, 1.82) is 0 Å². The zero-order valence-electron chi connectivity index (χ0n) is 36.3. The maximum atomic E-state index is 2.49. The maximum Gasteiger partial charge on any atom is 0.0725 e. The molecule has 2 aliphatic carbocycles. The fraction of sp³-hybridized carbons (Fsp3) is 0.0154. The van der Waals surface area contributed by atoms with Crippen molar-refractivity contribution in [3.63, 3.8) is 0 Å². The van der Waals surface area contributed by atoms with Crippen LogP contribution >= 0.6 is 0 Å². The molecule has 0 fully saturated rings. The van der Waals surface area contributed by atoms with Crippen LogP contribution in [0.1, 0.15) is 22.3 Å². The van der Waals surface area contributed by atoms with Gasteiger partial charge in [0.15, 0.2) is 0 Å². The van der Waals surface area contributed by atoms with Crippen LogP contribution in [0.25, 0.3) is 77.5 Å². The molecule has 0 radical (unpaired) electrons. The van der Waals surface area contributed by atoms with Gasteiger partial charge in [0.05, 0.1) is 5.41 Å². The van der Waals surface area contributed by atoms with Crippen molar-refractivity contribution in [3.05, 3.63) is 283 Å². The summed E-state index contributed by atoms with van der Waals surface area (Å²) in [5.41, 5.74) is 23.0. The first kappa shape index (κ1) is 38.0. The van der Waals surface area contributed by atoms with E-state index in [1.807, 2.05) is 0 Å². The van der Waals surface area contributed by atoms with E-state index in [0.717, 1.165) is 17.1 Å². The van der Waals surface area contributed by atoms with E-state index in [1.54, 1.807) is 0 Å². The van der Waals surface area contributed by atoms with Crippen LogP contribution in [0.15, 0.2) is 261 Å². The molecule has 0 aromatic heterocycles. The largest absolute Gasteiger partial charge is 0.311 e. The first-order valence-electron chi connectivity index (χ1n) is 22.9. The average Bonchev–Trinajstić information content (AvgIpc) is 3.63. The van der Waals surface area contributed by atoms with Crippen LogP contribution in [0.5, 0.6) is 0 Å². The van der Waals surface area contributed by atoms with E-state index in [4.69, 9.17) is 0 Å². The van der Waals surface area contributed by atoms with Gasteiger partial charge in [-0.15, -0.1) is 0 Å². The summed E-state index contributed by atoms with van der Waals surface area (Å²) < 4.78 is 0. The topological polar surface area (TPSA) is 3.24 Å². The molecule has 11 aromatic rings. The number of hydrogen-bond acceptors (Lipinski definition) is 1. The quantitative estimate of drug-likeness (QED) is 0.161. The highest BCUT2D eigenvalue weighted by molar-refractivity contribution is 5.98. The Morgan fingerprint density at radius 1 is 0.212 bits per heavy atom. The van der Waals surface area contributed by atoms with Gasteiger partial charge in [-0.1, -0.05) is 212 Å². The zero-order valence-corrected chi connectivity index (χ0v) is 36.3. The molecule has 13 rings (SSSR count). The highest BCUT2D eigenvalue weighted by atomic mass is 15.1. The smallest absolute Gasteiger partial charge is 0.0725 e. The molecule has 1 nitrogen and oxygen atoms in total. The number of fused-ring (bicyclic) bond motifs is 13. The Hall–Kier alpha value is -8.52. The molecule has 308 valence electrons. The van der Waals surface area contributed by atoms with Crippen LogP contribution in [0.4, 0.5) is 17.1 Å². The van der Waals surface area contributed by atoms with Gasteiger partial charge in [-0.3, -0.25) is 0 Å². The van der Waals surface area contributed by atoms with E-state index in [0.29, 0.717) is 0 Å². The summed E-state index contributed by atoms with van der Waals surface area (Å²) in [7, 11) is 0. The van der Waals surface area contributed by atoms with Gasteiger partial charge in [-0.2, -0.15) is 0 Å². The van der Waals surface area contributed by atoms with Gasteiger partial charge < -0.3 is 4.90 Å². The molecule has 0 heterocycles. The predicted octanol–water partition coefficient (Wildman–Crippen LogP) is 17.3. The second-order valence-corrected chi connectivity index (χ2v) is 17.6. The average molecular weight is 838 g/mol. The van der Waals surface area contributed by atoms with Crippen molar-refractivity contribution >= 4 is 27.8 Å². The van der Waals surface area contributed by atoms with Crippen molar-refractivity contribution in [2.24, 2.45) is 0 Å². The highest BCUT2D eigenvalue weighted by Gasteiger charge is 2.49. The zero-order chi connectivity index (χ0) is 43.6. The lowest BCUT2D eigenvalue weighted by molar-refractivity contribution is 0.775. The number of benzene rings is 11. The lowest BCUT2D eigenvalue weighted by Crippen LogP contribution is -2.29. The number of rotatable bonds is 6. The third kappa shape index (κ3) is 5.94. The Morgan fingerprint density at radius 3 is 1.09 bits per heavy atom. The van der Waals surface area contributed by atoms with Crippen molar-refractivity contribution < 1.29 is 0 Å². The van der Waals surface area contributed by atoms with Crippen LogP contribution in [-0.2, 0) is 5.41 Å². The Labute approximate surface area is 386 Å².